The van der Waals surface area contributed by atoms with Crippen molar-refractivity contribution in [3.05, 3.63) is 63.8 Å². The molecule has 3 N–H and O–H groups in total. The number of fused-ring (bicyclic) bond motifs is 1. The minimum absolute atomic E-state index is 0.0122. The molecule has 0 radical (unpaired) electrons. The van der Waals surface area contributed by atoms with Gasteiger partial charge in [-0.3, -0.25) is 19.5 Å². The predicted octanol–water partition coefficient (Wildman–Crippen LogP) is 1.24. The van der Waals surface area contributed by atoms with Gasteiger partial charge in [-0.2, -0.15) is 0 Å². The third kappa shape index (κ3) is 4.46. The lowest BCUT2D eigenvalue weighted by Gasteiger charge is -2.41. The lowest BCUT2D eigenvalue weighted by atomic mass is 10.1. The van der Waals surface area contributed by atoms with Crippen molar-refractivity contribution in [3.8, 4) is 0 Å². The lowest BCUT2D eigenvalue weighted by Crippen LogP contribution is -2.54. The van der Waals surface area contributed by atoms with E-state index in [1.54, 1.807) is 19.3 Å². The zero-order valence-corrected chi connectivity index (χ0v) is 18.6. The van der Waals surface area contributed by atoms with E-state index < -0.39 is 0 Å². The van der Waals surface area contributed by atoms with Crippen molar-refractivity contribution < 1.29 is 9.90 Å². The van der Waals surface area contributed by atoms with Gasteiger partial charge >= 0.3 is 0 Å². The number of aromatic nitrogens is 3. The Morgan fingerprint density at radius 3 is 2.76 bits per heavy atom. The summed E-state index contributed by atoms with van der Waals surface area (Å²) in [6.07, 6.45) is 5.72. The molecular formula is C24H28N6O3. The van der Waals surface area contributed by atoms with Crippen LogP contribution in [-0.4, -0.2) is 70.2 Å². The fourth-order valence-electron chi connectivity index (χ4n) is 4.50. The summed E-state index contributed by atoms with van der Waals surface area (Å²) in [5, 5.41) is 12.6. The monoisotopic (exact) mass is 448 g/mol. The van der Waals surface area contributed by atoms with Gasteiger partial charge in [0.15, 0.2) is 0 Å². The molecule has 2 aliphatic rings. The van der Waals surface area contributed by atoms with Crippen LogP contribution in [-0.2, 0) is 6.54 Å². The standard InChI is InChI=1S/C24H28N6O3/c1-25-24(33)20-5-4-17(11-27-20)30-7-6-29(18(13-30)14-31)12-15-8-22-21(26-10-15)9-19(16-2-3-16)23(32)28-22/h4-5,8-11,16,18,31H,2-3,6-7,12-14H2,1H3,(H,25,33)(H,28,32)/t18-/m1/s1. The number of nitrogens with zero attached hydrogens (tertiary/aromatic N) is 4. The Bertz CT molecular complexity index is 1220. The maximum absolute atomic E-state index is 12.4. The van der Waals surface area contributed by atoms with E-state index >= 15 is 0 Å². The van der Waals surface area contributed by atoms with Crippen LogP contribution in [0.3, 0.4) is 0 Å². The van der Waals surface area contributed by atoms with Gasteiger partial charge < -0.3 is 20.3 Å². The van der Waals surface area contributed by atoms with Crippen LogP contribution in [0.5, 0.6) is 0 Å². The van der Waals surface area contributed by atoms with Gasteiger partial charge in [-0.25, -0.2) is 4.98 Å². The molecule has 2 fully saturated rings. The molecular weight excluding hydrogens is 420 g/mol. The molecule has 9 nitrogen and oxygen atoms in total. The number of amides is 1. The number of hydrogen-bond donors (Lipinski definition) is 3. The number of carbonyl (C=O) groups excluding carboxylic acids is 1. The average Bonchev–Trinajstić information content (AvgIpc) is 3.69. The number of nitrogens with one attached hydrogen (secondary N) is 2. The number of aliphatic hydroxyl groups is 1. The first-order chi connectivity index (χ1) is 16.1. The second kappa shape index (κ2) is 8.92. The maximum atomic E-state index is 12.4. The van der Waals surface area contributed by atoms with Crippen LogP contribution >= 0.6 is 0 Å². The fraction of sp³-hybridized carbons (Fsp3) is 0.417. The highest BCUT2D eigenvalue weighted by molar-refractivity contribution is 5.92. The Labute approximate surface area is 191 Å². The normalized spacial score (nSPS) is 19.1. The van der Waals surface area contributed by atoms with E-state index in [9.17, 15) is 14.7 Å². The first kappa shape index (κ1) is 21.5. The Morgan fingerprint density at radius 1 is 1.21 bits per heavy atom. The molecule has 1 atom stereocenters. The third-order valence-corrected chi connectivity index (χ3v) is 6.57. The van der Waals surface area contributed by atoms with Crippen LogP contribution < -0.4 is 15.8 Å². The van der Waals surface area contributed by atoms with Crippen molar-refractivity contribution in [2.24, 2.45) is 0 Å². The van der Waals surface area contributed by atoms with Crippen LogP contribution in [0.15, 0.2) is 41.5 Å². The SMILES string of the molecule is CNC(=O)c1ccc(N2CCN(Cc3cnc4cc(C5CC5)c(=O)[nH]c4c3)[C@@H](CO)C2)cn1. The third-order valence-electron chi connectivity index (χ3n) is 6.57. The van der Waals surface area contributed by atoms with Crippen LogP contribution in [0.2, 0.25) is 0 Å². The van der Waals surface area contributed by atoms with Gasteiger partial charge in [0.1, 0.15) is 5.69 Å². The molecule has 5 rings (SSSR count). The number of rotatable bonds is 6. The molecule has 1 aliphatic heterocycles. The summed E-state index contributed by atoms with van der Waals surface area (Å²) in [7, 11) is 1.58. The Hall–Kier alpha value is -3.30. The molecule has 172 valence electrons. The highest BCUT2D eigenvalue weighted by Crippen LogP contribution is 2.38. The van der Waals surface area contributed by atoms with Gasteiger partial charge in [-0.05, 0) is 48.6 Å². The van der Waals surface area contributed by atoms with Crippen molar-refractivity contribution in [3.63, 3.8) is 0 Å². The largest absolute Gasteiger partial charge is 0.395 e. The molecule has 0 spiro atoms. The van der Waals surface area contributed by atoms with Gasteiger partial charge in [0.2, 0.25) is 0 Å². The van der Waals surface area contributed by atoms with Crippen LogP contribution in [0.1, 0.15) is 40.4 Å². The summed E-state index contributed by atoms with van der Waals surface area (Å²) in [5.41, 5.74) is 4.71. The number of aromatic amines is 1. The number of carbonyl (C=O) groups is 1. The van der Waals surface area contributed by atoms with Crippen molar-refractivity contribution in [1.82, 2.24) is 25.2 Å². The van der Waals surface area contributed by atoms with Gasteiger partial charge in [-0.1, -0.05) is 0 Å². The van der Waals surface area contributed by atoms with Crippen LogP contribution in [0.4, 0.5) is 5.69 Å². The zero-order valence-electron chi connectivity index (χ0n) is 18.6. The molecule has 1 saturated heterocycles. The van der Waals surface area contributed by atoms with Gasteiger partial charge in [-0.15, -0.1) is 0 Å². The molecule has 0 aromatic carbocycles. The quantitative estimate of drug-likeness (QED) is 0.520. The number of pyridine rings is 3. The second-order valence-electron chi connectivity index (χ2n) is 8.84. The van der Waals surface area contributed by atoms with E-state index in [0.29, 0.717) is 24.7 Å². The van der Waals surface area contributed by atoms with E-state index in [4.69, 9.17) is 0 Å². The van der Waals surface area contributed by atoms with Gasteiger partial charge in [0, 0.05) is 45.0 Å². The molecule has 1 aliphatic carbocycles. The molecule has 3 aromatic rings. The molecule has 0 unspecified atom stereocenters. The molecule has 9 heteroatoms. The summed E-state index contributed by atoms with van der Waals surface area (Å²) >= 11 is 0. The van der Waals surface area contributed by atoms with Crippen molar-refractivity contribution >= 4 is 22.6 Å². The highest BCUT2D eigenvalue weighted by atomic mass is 16.3. The van der Waals surface area contributed by atoms with Crippen LogP contribution in [0, 0.1) is 0 Å². The van der Waals surface area contributed by atoms with E-state index in [1.807, 2.05) is 24.4 Å². The number of hydrogen-bond acceptors (Lipinski definition) is 7. The van der Waals surface area contributed by atoms with E-state index in [0.717, 1.165) is 53.8 Å². The number of aliphatic hydroxyl groups excluding tert-OH is 1. The van der Waals surface area contributed by atoms with Crippen molar-refractivity contribution in [2.45, 2.75) is 31.3 Å². The summed E-state index contributed by atoms with van der Waals surface area (Å²) in [6.45, 7) is 2.86. The Morgan fingerprint density at radius 2 is 2.06 bits per heavy atom. The number of H-pyrrole nitrogens is 1. The first-order valence-electron chi connectivity index (χ1n) is 11.4. The van der Waals surface area contributed by atoms with Gasteiger partial charge in [0.25, 0.3) is 11.5 Å². The number of piperazine rings is 1. The smallest absolute Gasteiger partial charge is 0.269 e. The second-order valence-corrected chi connectivity index (χ2v) is 8.84. The fourth-order valence-corrected chi connectivity index (χ4v) is 4.50. The molecule has 4 heterocycles. The molecule has 3 aromatic heterocycles. The lowest BCUT2D eigenvalue weighted by molar-refractivity contribution is 0.0958. The molecule has 1 amide bonds. The highest BCUT2D eigenvalue weighted by Gasteiger charge is 2.28. The molecule has 0 bridgehead atoms. The summed E-state index contributed by atoms with van der Waals surface area (Å²) in [6, 6.07) is 7.47. The van der Waals surface area contributed by atoms with E-state index in [-0.39, 0.29) is 24.1 Å². The van der Waals surface area contributed by atoms with Crippen molar-refractivity contribution in [1.29, 1.82) is 0 Å². The summed E-state index contributed by atoms with van der Waals surface area (Å²) in [4.78, 5) is 40.4. The molecule has 33 heavy (non-hydrogen) atoms. The zero-order chi connectivity index (χ0) is 22.9. The van der Waals surface area contributed by atoms with Crippen molar-refractivity contribution in [2.75, 3.05) is 38.2 Å². The number of anilines is 1. The topological polar surface area (TPSA) is 114 Å². The maximum Gasteiger partial charge on any atom is 0.269 e. The minimum atomic E-state index is -0.214. The Kier molecular flexibility index (Phi) is 5.82. The van der Waals surface area contributed by atoms with E-state index in [1.165, 1.54) is 0 Å². The van der Waals surface area contributed by atoms with Gasteiger partial charge in [0.05, 0.1) is 35.6 Å². The van der Waals surface area contributed by atoms with Crippen LogP contribution in [0.25, 0.3) is 11.0 Å². The summed E-state index contributed by atoms with van der Waals surface area (Å²) < 4.78 is 0. The summed E-state index contributed by atoms with van der Waals surface area (Å²) in [5.74, 6) is 0.171. The average molecular weight is 449 g/mol. The predicted molar refractivity (Wildman–Crippen MR) is 125 cm³/mol. The first-order valence-corrected chi connectivity index (χ1v) is 11.4. The minimum Gasteiger partial charge on any atom is -0.395 e. The molecule has 1 saturated carbocycles. The van der Waals surface area contributed by atoms with E-state index in [2.05, 4.69) is 30.1 Å². The Balaban J connectivity index is 1.28.